The monoisotopic (exact) mass is 287 g/mol. The lowest BCUT2D eigenvalue weighted by Crippen LogP contribution is -2.30. The Bertz CT molecular complexity index is 564. The average Bonchev–Trinajstić information content (AvgIpc) is 2.86. The molecule has 3 nitrogen and oxygen atoms in total. The number of benzene rings is 1. The quantitative estimate of drug-likeness (QED) is 0.615. The number of rotatable bonds is 7. The predicted molar refractivity (Wildman–Crippen MR) is 85.7 cm³/mol. The van der Waals surface area contributed by atoms with Gasteiger partial charge in [-0.3, -0.25) is 0 Å². The molecule has 1 N–H and O–H groups in total. The highest BCUT2D eigenvalue weighted by Gasteiger charge is 2.12. The summed E-state index contributed by atoms with van der Waals surface area (Å²) < 4.78 is 4.47. The summed E-state index contributed by atoms with van der Waals surface area (Å²) in [6, 6.07) is 4.48. The molecule has 1 aromatic heterocycles. The van der Waals surface area contributed by atoms with Gasteiger partial charge in [0.2, 0.25) is 6.33 Å². The fraction of sp³-hybridized carbons (Fsp3) is 0.500. The van der Waals surface area contributed by atoms with Crippen molar-refractivity contribution in [1.82, 2.24) is 4.57 Å². The second kappa shape index (κ2) is 7.41. The molecule has 0 aliphatic carbocycles. The molecule has 0 aliphatic heterocycles. The van der Waals surface area contributed by atoms with E-state index in [-0.39, 0.29) is 0 Å². The number of aliphatic hydroxyl groups excluding tert-OH is 1. The number of hydrogen-bond acceptors (Lipinski definition) is 1. The minimum Gasteiger partial charge on any atom is -0.396 e. The van der Waals surface area contributed by atoms with Crippen LogP contribution in [0.15, 0.2) is 30.9 Å². The Kier molecular flexibility index (Phi) is 5.57. The number of unbranched alkanes of at least 4 members (excludes halogenated alkanes) is 3. The SMILES string of the molecule is Cc1cc(C)c(-n2cc[n+](CCCCCCO)c2)c(C)c1. The maximum atomic E-state index is 8.77. The minimum absolute atomic E-state index is 0.315. The van der Waals surface area contributed by atoms with Gasteiger partial charge in [-0.05, 0) is 51.2 Å². The van der Waals surface area contributed by atoms with Gasteiger partial charge in [0.05, 0.1) is 6.54 Å². The van der Waals surface area contributed by atoms with Crippen LogP contribution in [-0.2, 0) is 6.54 Å². The standard InChI is InChI=1S/C18H27N2O/c1-15-12-16(2)18(17(3)13-15)20-10-9-19(14-20)8-6-4-5-7-11-21/h9-10,12-14,21H,4-8,11H2,1-3H3/q+1. The molecule has 1 aromatic carbocycles. The number of aryl methyl sites for hydroxylation is 4. The van der Waals surface area contributed by atoms with Crippen molar-refractivity contribution in [3.8, 4) is 5.69 Å². The van der Waals surface area contributed by atoms with Gasteiger partial charge in [0.25, 0.3) is 0 Å². The van der Waals surface area contributed by atoms with Crippen molar-refractivity contribution in [2.24, 2.45) is 0 Å². The fourth-order valence-electron chi connectivity index (χ4n) is 3.00. The Labute approximate surface area is 127 Å². The largest absolute Gasteiger partial charge is 0.396 e. The molecule has 0 saturated carbocycles. The molecule has 2 aromatic rings. The van der Waals surface area contributed by atoms with Crippen LogP contribution in [0.1, 0.15) is 42.4 Å². The normalized spacial score (nSPS) is 11.0. The maximum absolute atomic E-state index is 8.77. The maximum Gasteiger partial charge on any atom is 0.248 e. The van der Waals surface area contributed by atoms with Crippen molar-refractivity contribution >= 4 is 0 Å². The first-order valence-corrected chi connectivity index (χ1v) is 7.88. The molecule has 0 aliphatic rings. The number of nitrogens with zero attached hydrogens (tertiary/aromatic N) is 2. The van der Waals surface area contributed by atoms with Crippen LogP contribution in [0.4, 0.5) is 0 Å². The molecule has 0 fully saturated rings. The van der Waals surface area contributed by atoms with Crippen LogP contribution in [0.3, 0.4) is 0 Å². The summed E-state index contributed by atoms with van der Waals surface area (Å²) in [5, 5.41) is 8.77. The molecule has 3 heteroatoms. The Morgan fingerprint density at radius 2 is 1.67 bits per heavy atom. The van der Waals surface area contributed by atoms with Crippen molar-refractivity contribution < 1.29 is 9.67 Å². The third-order valence-corrected chi connectivity index (χ3v) is 3.91. The number of imidazole rings is 1. The first-order chi connectivity index (χ1) is 10.1. The second-order valence-corrected chi connectivity index (χ2v) is 5.94. The average molecular weight is 287 g/mol. The highest BCUT2D eigenvalue weighted by molar-refractivity contribution is 5.48. The van der Waals surface area contributed by atoms with Crippen LogP contribution >= 0.6 is 0 Å². The molecular formula is C18H27N2O+. The van der Waals surface area contributed by atoms with Crippen molar-refractivity contribution in [3.63, 3.8) is 0 Å². The van der Waals surface area contributed by atoms with E-state index in [2.05, 4.69) is 60.8 Å². The minimum atomic E-state index is 0.315. The number of aliphatic hydroxyl groups is 1. The fourth-order valence-corrected chi connectivity index (χ4v) is 3.00. The molecule has 0 unspecified atom stereocenters. The van der Waals surface area contributed by atoms with E-state index >= 15 is 0 Å². The van der Waals surface area contributed by atoms with E-state index in [4.69, 9.17) is 5.11 Å². The van der Waals surface area contributed by atoms with Gasteiger partial charge in [-0.2, -0.15) is 0 Å². The van der Waals surface area contributed by atoms with Gasteiger partial charge in [-0.1, -0.05) is 24.1 Å². The van der Waals surface area contributed by atoms with Crippen LogP contribution in [-0.4, -0.2) is 16.3 Å². The highest BCUT2D eigenvalue weighted by atomic mass is 16.2. The predicted octanol–water partition coefficient (Wildman–Crippen LogP) is 3.24. The van der Waals surface area contributed by atoms with Gasteiger partial charge < -0.3 is 5.11 Å². The van der Waals surface area contributed by atoms with Crippen molar-refractivity contribution in [1.29, 1.82) is 0 Å². The molecular weight excluding hydrogens is 260 g/mol. The van der Waals surface area contributed by atoms with E-state index in [9.17, 15) is 0 Å². The molecule has 0 radical (unpaired) electrons. The van der Waals surface area contributed by atoms with E-state index < -0.39 is 0 Å². The Morgan fingerprint density at radius 3 is 2.33 bits per heavy atom. The van der Waals surface area contributed by atoms with E-state index in [1.54, 1.807) is 0 Å². The van der Waals surface area contributed by atoms with Gasteiger partial charge in [0.1, 0.15) is 18.1 Å². The molecule has 0 amide bonds. The molecule has 0 spiro atoms. The first kappa shape index (κ1) is 15.8. The van der Waals surface area contributed by atoms with Crippen molar-refractivity contribution in [2.75, 3.05) is 6.61 Å². The second-order valence-electron chi connectivity index (χ2n) is 5.94. The smallest absolute Gasteiger partial charge is 0.248 e. The van der Waals surface area contributed by atoms with Crippen LogP contribution in [0, 0.1) is 20.8 Å². The van der Waals surface area contributed by atoms with Gasteiger partial charge in [-0.15, -0.1) is 0 Å². The van der Waals surface area contributed by atoms with Crippen molar-refractivity contribution in [2.45, 2.75) is 53.0 Å². The van der Waals surface area contributed by atoms with Crippen LogP contribution in [0.2, 0.25) is 0 Å². The molecule has 0 bridgehead atoms. The van der Waals surface area contributed by atoms with E-state index in [0.29, 0.717) is 6.61 Å². The van der Waals surface area contributed by atoms with E-state index in [0.717, 1.165) is 19.4 Å². The summed E-state index contributed by atoms with van der Waals surface area (Å²) in [4.78, 5) is 0. The zero-order valence-corrected chi connectivity index (χ0v) is 13.5. The molecule has 1 heterocycles. The molecule has 0 atom stereocenters. The molecule has 114 valence electrons. The summed E-state index contributed by atoms with van der Waals surface area (Å²) in [5.41, 5.74) is 5.24. The molecule has 0 saturated heterocycles. The molecule has 21 heavy (non-hydrogen) atoms. The van der Waals surface area contributed by atoms with Gasteiger partial charge >= 0.3 is 0 Å². The van der Waals surface area contributed by atoms with Crippen LogP contribution in [0.5, 0.6) is 0 Å². The first-order valence-electron chi connectivity index (χ1n) is 7.88. The number of aromatic nitrogens is 2. The van der Waals surface area contributed by atoms with Gasteiger partial charge in [0, 0.05) is 6.61 Å². The third-order valence-electron chi connectivity index (χ3n) is 3.91. The number of hydrogen-bond donors (Lipinski definition) is 1. The summed E-state index contributed by atoms with van der Waals surface area (Å²) in [7, 11) is 0. The van der Waals surface area contributed by atoms with Gasteiger partial charge in [-0.25, -0.2) is 9.13 Å². The molecule has 2 rings (SSSR count). The van der Waals surface area contributed by atoms with E-state index in [1.165, 1.54) is 35.2 Å². The Morgan fingerprint density at radius 1 is 1.00 bits per heavy atom. The lowest BCUT2D eigenvalue weighted by atomic mass is 10.1. The third kappa shape index (κ3) is 4.18. The van der Waals surface area contributed by atoms with E-state index in [1.807, 2.05) is 0 Å². The zero-order chi connectivity index (χ0) is 15.2. The lowest BCUT2D eigenvalue weighted by molar-refractivity contribution is -0.696. The zero-order valence-electron chi connectivity index (χ0n) is 13.5. The topological polar surface area (TPSA) is 29.0 Å². The summed E-state index contributed by atoms with van der Waals surface area (Å²) in [5.74, 6) is 0. The van der Waals surface area contributed by atoms with Crippen molar-refractivity contribution in [3.05, 3.63) is 47.5 Å². The summed E-state index contributed by atoms with van der Waals surface area (Å²) in [6.45, 7) is 7.85. The van der Waals surface area contributed by atoms with Crippen LogP contribution in [0.25, 0.3) is 5.69 Å². The summed E-state index contributed by atoms with van der Waals surface area (Å²) in [6.07, 6.45) is 10.9. The lowest BCUT2D eigenvalue weighted by Gasteiger charge is -2.07. The summed E-state index contributed by atoms with van der Waals surface area (Å²) >= 11 is 0. The van der Waals surface area contributed by atoms with Crippen LogP contribution < -0.4 is 4.57 Å². The Balaban J connectivity index is 2.03. The van der Waals surface area contributed by atoms with Gasteiger partial charge in [0.15, 0.2) is 0 Å². The highest BCUT2D eigenvalue weighted by Crippen LogP contribution is 2.20. The Hall–Kier alpha value is -1.61.